The molecule has 0 spiro atoms. The topological polar surface area (TPSA) is 73.1 Å². The Labute approximate surface area is 156 Å². The first-order valence-corrected chi connectivity index (χ1v) is 9.11. The van der Waals surface area contributed by atoms with Crippen LogP contribution < -0.4 is 10.6 Å². The fourth-order valence-electron chi connectivity index (χ4n) is 2.83. The molecule has 2 heterocycles. The van der Waals surface area contributed by atoms with Crippen LogP contribution in [0.5, 0.6) is 0 Å². The molecular formula is C19H31N5O2. The van der Waals surface area contributed by atoms with E-state index >= 15 is 0 Å². The monoisotopic (exact) mass is 361 g/mol. The molecule has 144 valence electrons. The van der Waals surface area contributed by atoms with Crippen molar-refractivity contribution >= 4 is 11.9 Å². The molecule has 0 bridgehead atoms. The molecule has 26 heavy (non-hydrogen) atoms. The molecule has 1 unspecified atom stereocenters. The number of furan rings is 1. The Morgan fingerprint density at radius 1 is 1.38 bits per heavy atom. The summed E-state index contributed by atoms with van der Waals surface area (Å²) >= 11 is 0. The summed E-state index contributed by atoms with van der Waals surface area (Å²) in [7, 11) is 3.46. The first-order valence-electron chi connectivity index (χ1n) is 9.11. The van der Waals surface area contributed by atoms with E-state index in [-0.39, 0.29) is 18.5 Å². The molecule has 1 aromatic heterocycles. The highest BCUT2D eigenvalue weighted by molar-refractivity contribution is 5.84. The first kappa shape index (κ1) is 20.0. The first-order chi connectivity index (χ1) is 12.5. The molecule has 1 fully saturated rings. The standard InChI is InChI=1S/C19H31N5O2/c1-15(2)12-20-19(22-14-18(25)23(3)4)21-13-16(17-8-7-11-26-17)24-9-5-6-10-24/h7-8,11,16H,1,5-6,9-10,12-14H2,2-4H3,(H2,20,21,22). The number of hydrogen-bond donors (Lipinski definition) is 2. The Bertz CT molecular complexity index is 603. The number of amides is 1. The fourth-order valence-corrected chi connectivity index (χ4v) is 2.83. The summed E-state index contributed by atoms with van der Waals surface area (Å²) in [6.45, 7) is 9.36. The van der Waals surface area contributed by atoms with Crippen molar-refractivity contribution in [2.45, 2.75) is 25.8 Å². The number of hydrogen-bond acceptors (Lipinski definition) is 4. The summed E-state index contributed by atoms with van der Waals surface area (Å²) in [5, 5.41) is 6.58. The zero-order valence-corrected chi connectivity index (χ0v) is 16.1. The van der Waals surface area contributed by atoms with Crippen LogP contribution in [0.2, 0.25) is 0 Å². The summed E-state index contributed by atoms with van der Waals surface area (Å²) in [5.41, 5.74) is 1.00. The molecule has 1 amide bonds. The van der Waals surface area contributed by atoms with Crippen molar-refractivity contribution in [2.24, 2.45) is 4.99 Å². The number of rotatable bonds is 8. The minimum absolute atomic E-state index is 0.0384. The zero-order chi connectivity index (χ0) is 18.9. The van der Waals surface area contributed by atoms with E-state index in [0.29, 0.717) is 19.0 Å². The Hall–Kier alpha value is -2.28. The van der Waals surface area contributed by atoms with Crippen LogP contribution in [0.25, 0.3) is 0 Å². The highest BCUT2D eigenvalue weighted by atomic mass is 16.3. The average Bonchev–Trinajstić information content (AvgIpc) is 3.30. The Morgan fingerprint density at radius 3 is 2.69 bits per heavy atom. The number of carbonyl (C=O) groups excluding carboxylic acids is 1. The van der Waals surface area contributed by atoms with Gasteiger partial charge in [0, 0.05) is 27.2 Å². The summed E-state index contributed by atoms with van der Waals surface area (Å²) in [4.78, 5) is 20.2. The van der Waals surface area contributed by atoms with Gasteiger partial charge in [0.25, 0.3) is 0 Å². The maximum Gasteiger partial charge on any atom is 0.243 e. The van der Waals surface area contributed by atoms with E-state index in [4.69, 9.17) is 4.42 Å². The second-order valence-electron chi connectivity index (χ2n) is 6.92. The Morgan fingerprint density at radius 2 is 2.12 bits per heavy atom. The van der Waals surface area contributed by atoms with Crippen molar-refractivity contribution in [1.82, 2.24) is 20.4 Å². The number of nitrogens with zero attached hydrogens (tertiary/aromatic N) is 3. The molecule has 7 heteroatoms. The molecule has 0 saturated carbocycles. The molecule has 0 aliphatic carbocycles. The van der Waals surface area contributed by atoms with Crippen LogP contribution in [0.4, 0.5) is 0 Å². The van der Waals surface area contributed by atoms with Gasteiger partial charge in [-0.3, -0.25) is 9.69 Å². The Kier molecular flexibility index (Phi) is 7.72. The fraction of sp³-hybridized carbons (Fsp3) is 0.579. The van der Waals surface area contributed by atoms with Gasteiger partial charge < -0.3 is 20.0 Å². The normalized spacial score (nSPS) is 16.3. The zero-order valence-electron chi connectivity index (χ0n) is 16.1. The summed E-state index contributed by atoms with van der Waals surface area (Å²) in [6.07, 6.45) is 4.13. The minimum Gasteiger partial charge on any atom is -0.468 e. The number of guanidine groups is 1. The lowest BCUT2D eigenvalue weighted by molar-refractivity contribution is -0.127. The summed E-state index contributed by atoms with van der Waals surface area (Å²) in [6, 6.07) is 4.08. The molecule has 0 aromatic carbocycles. The van der Waals surface area contributed by atoms with Crippen molar-refractivity contribution in [1.29, 1.82) is 0 Å². The van der Waals surface area contributed by atoms with Gasteiger partial charge >= 0.3 is 0 Å². The van der Waals surface area contributed by atoms with Crippen LogP contribution in [0.3, 0.4) is 0 Å². The maximum atomic E-state index is 11.8. The van der Waals surface area contributed by atoms with Crippen molar-refractivity contribution < 1.29 is 9.21 Å². The number of likely N-dealkylation sites (N-methyl/N-ethyl adjacent to an activating group) is 1. The van der Waals surface area contributed by atoms with Gasteiger partial charge in [-0.25, -0.2) is 4.99 Å². The van der Waals surface area contributed by atoms with E-state index in [0.717, 1.165) is 24.4 Å². The average molecular weight is 361 g/mol. The predicted octanol–water partition coefficient (Wildman–Crippen LogP) is 1.62. The van der Waals surface area contributed by atoms with E-state index in [2.05, 4.69) is 27.1 Å². The molecule has 1 aromatic rings. The van der Waals surface area contributed by atoms with Crippen molar-refractivity contribution in [3.8, 4) is 0 Å². The quantitative estimate of drug-likeness (QED) is 0.418. The van der Waals surface area contributed by atoms with Crippen LogP contribution in [0, 0.1) is 0 Å². The van der Waals surface area contributed by atoms with Crippen LogP contribution in [0.1, 0.15) is 31.6 Å². The lowest BCUT2D eigenvalue weighted by Crippen LogP contribution is -2.43. The molecule has 1 atom stereocenters. The lowest BCUT2D eigenvalue weighted by atomic mass is 10.2. The number of aliphatic imine (C=N–C) groups is 1. The largest absolute Gasteiger partial charge is 0.468 e. The van der Waals surface area contributed by atoms with Crippen LogP contribution >= 0.6 is 0 Å². The van der Waals surface area contributed by atoms with E-state index in [1.807, 2.05) is 19.1 Å². The highest BCUT2D eigenvalue weighted by Gasteiger charge is 2.25. The van der Waals surface area contributed by atoms with Crippen LogP contribution in [0.15, 0.2) is 40.0 Å². The van der Waals surface area contributed by atoms with Gasteiger partial charge in [-0.05, 0) is 45.0 Å². The smallest absolute Gasteiger partial charge is 0.243 e. The van der Waals surface area contributed by atoms with Gasteiger partial charge in [0.05, 0.1) is 12.3 Å². The van der Waals surface area contributed by atoms with Gasteiger partial charge in [0.15, 0.2) is 5.96 Å². The highest BCUT2D eigenvalue weighted by Crippen LogP contribution is 2.24. The Balaban J connectivity index is 2.03. The van der Waals surface area contributed by atoms with E-state index in [9.17, 15) is 4.79 Å². The molecule has 7 nitrogen and oxygen atoms in total. The second-order valence-corrected chi connectivity index (χ2v) is 6.92. The molecule has 2 rings (SSSR count). The third kappa shape index (κ3) is 6.22. The summed E-state index contributed by atoms with van der Waals surface area (Å²) < 4.78 is 5.65. The predicted molar refractivity (Wildman–Crippen MR) is 104 cm³/mol. The van der Waals surface area contributed by atoms with Crippen LogP contribution in [-0.4, -0.2) is 68.5 Å². The van der Waals surface area contributed by atoms with Gasteiger partial charge in [0.1, 0.15) is 12.3 Å². The van der Waals surface area contributed by atoms with Crippen molar-refractivity contribution in [3.63, 3.8) is 0 Å². The molecule has 1 aliphatic rings. The number of nitrogens with one attached hydrogen (secondary N) is 2. The maximum absolute atomic E-state index is 11.8. The van der Waals surface area contributed by atoms with Gasteiger partial charge in [-0.2, -0.15) is 0 Å². The summed E-state index contributed by atoms with van der Waals surface area (Å²) in [5.74, 6) is 1.52. The third-order valence-corrected chi connectivity index (χ3v) is 4.34. The molecule has 1 aliphatic heterocycles. The van der Waals surface area contributed by atoms with Crippen molar-refractivity contribution in [3.05, 3.63) is 36.3 Å². The molecule has 1 saturated heterocycles. The van der Waals surface area contributed by atoms with E-state index < -0.39 is 0 Å². The number of carbonyl (C=O) groups is 1. The SMILES string of the molecule is C=C(C)CNC(=NCC(=O)N(C)C)NCC(c1ccco1)N1CCCC1. The van der Waals surface area contributed by atoms with Gasteiger partial charge in [-0.1, -0.05) is 12.2 Å². The minimum atomic E-state index is -0.0384. The second kappa shape index (κ2) is 10.0. The van der Waals surface area contributed by atoms with Crippen molar-refractivity contribution in [2.75, 3.05) is 46.8 Å². The van der Waals surface area contributed by atoms with Crippen LogP contribution in [-0.2, 0) is 4.79 Å². The molecule has 0 radical (unpaired) electrons. The van der Waals surface area contributed by atoms with E-state index in [1.54, 1.807) is 20.4 Å². The van der Waals surface area contributed by atoms with Gasteiger partial charge in [0.2, 0.25) is 5.91 Å². The number of likely N-dealkylation sites (tertiary alicyclic amines) is 1. The van der Waals surface area contributed by atoms with E-state index in [1.165, 1.54) is 17.7 Å². The van der Waals surface area contributed by atoms with Gasteiger partial charge in [-0.15, -0.1) is 0 Å². The third-order valence-electron chi connectivity index (χ3n) is 4.34. The molecule has 2 N–H and O–H groups in total. The lowest BCUT2D eigenvalue weighted by Gasteiger charge is -2.27. The molecular weight excluding hydrogens is 330 g/mol.